The highest BCUT2D eigenvalue weighted by molar-refractivity contribution is 9.11. The van der Waals surface area contributed by atoms with E-state index in [-0.39, 0.29) is 23.0 Å². The molecule has 1 heterocycles. The maximum atomic E-state index is 12.8. The van der Waals surface area contributed by atoms with Crippen LogP contribution in [0.5, 0.6) is 0 Å². The Labute approximate surface area is 140 Å². The van der Waals surface area contributed by atoms with Crippen molar-refractivity contribution in [1.82, 2.24) is 9.21 Å². The molecule has 1 aliphatic rings. The van der Waals surface area contributed by atoms with Crippen LogP contribution in [0.4, 0.5) is 5.69 Å². The molecule has 6 nitrogen and oxygen atoms in total. The van der Waals surface area contributed by atoms with E-state index in [4.69, 9.17) is 5.73 Å². The van der Waals surface area contributed by atoms with Gasteiger partial charge in [0.2, 0.25) is 15.9 Å². The predicted octanol–water partition coefficient (Wildman–Crippen LogP) is 1.65. The summed E-state index contributed by atoms with van der Waals surface area (Å²) in [5.74, 6) is -0.220. The second kappa shape index (κ2) is 6.23. The number of nitrogen functional groups attached to an aromatic ring is 1. The Balaban J connectivity index is 2.45. The fraction of sp³-hybridized carbons (Fsp3) is 0.417. The van der Waals surface area contributed by atoms with Crippen molar-refractivity contribution in [3.63, 3.8) is 0 Å². The number of amides is 1. The van der Waals surface area contributed by atoms with Crippen LogP contribution in [0.1, 0.15) is 6.42 Å². The molecule has 0 saturated carbocycles. The molecular formula is C12H15Br2N3O3S. The maximum absolute atomic E-state index is 12.8. The first-order chi connectivity index (χ1) is 9.73. The molecule has 1 aromatic carbocycles. The summed E-state index contributed by atoms with van der Waals surface area (Å²) in [6.45, 7) is 0.670. The van der Waals surface area contributed by atoms with Gasteiger partial charge >= 0.3 is 0 Å². The minimum atomic E-state index is -3.83. The minimum absolute atomic E-state index is 0.00283. The van der Waals surface area contributed by atoms with Crippen LogP contribution in [-0.2, 0) is 14.8 Å². The Kier molecular flexibility index (Phi) is 4.96. The molecule has 0 atom stereocenters. The number of nitrogens with two attached hydrogens (primary N) is 1. The van der Waals surface area contributed by atoms with Gasteiger partial charge in [-0.15, -0.1) is 0 Å². The number of benzene rings is 1. The molecule has 2 rings (SSSR count). The number of hydrogen-bond donors (Lipinski definition) is 1. The van der Waals surface area contributed by atoms with E-state index in [9.17, 15) is 13.2 Å². The van der Waals surface area contributed by atoms with Crippen LogP contribution < -0.4 is 5.73 Å². The van der Waals surface area contributed by atoms with Crippen molar-refractivity contribution >= 4 is 53.5 Å². The molecule has 21 heavy (non-hydrogen) atoms. The maximum Gasteiger partial charge on any atom is 0.246 e. The van der Waals surface area contributed by atoms with Crippen molar-refractivity contribution < 1.29 is 13.2 Å². The van der Waals surface area contributed by atoms with E-state index < -0.39 is 10.0 Å². The molecule has 0 spiro atoms. The zero-order valence-corrected chi connectivity index (χ0v) is 15.3. The van der Waals surface area contributed by atoms with Gasteiger partial charge in [0.15, 0.2) is 0 Å². The van der Waals surface area contributed by atoms with Gasteiger partial charge in [0.25, 0.3) is 0 Å². The van der Waals surface area contributed by atoms with Crippen molar-refractivity contribution in [3.8, 4) is 0 Å². The van der Waals surface area contributed by atoms with Crippen LogP contribution in [0.2, 0.25) is 0 Å². The smallest absolute Gasteiger partial charge is 0.246 e. The molecule has 1 aliphatic heterocycles. The number of rotatable bonds is 2. The Bertz CT molecular complexity index is 655. The highest BCUT2D eigenvalue weighted by Crippen LogP contribution is 2.33. The summed E-state index contributed by atoms with van der Waals surface area (Å²) in [6, 6.07) is 3.15. The Morgan fingerprint density at radius 1 is 1.24 bits per heavy atom. The van der Waals surface area contributed by atoms with Gasteiger partial charge in [-0.05, 0) is 34.5 Å². The van der Waals surface area contributed by atoms with Gasteiger partial charge < -0.3 is 10.6 Å². The van der Waals surface area contributed by atoms with Gasteiger partial charge in [0.1, 0.15) is 4.90 Å². The van der Waals surface area contributed by atoms with E-state index in [0.717, 1.165) is 0 Å². The minimum Gasteiger partial charge on any atom is -0.398 e. The number of sulfonamides is 1. The van der Waals surface area contributed by atoms with E-state index in [1.807, 2.05) is 0 Å². The lowest BCUT2D eigenvalue weighted by molar-refractivity contribution is -0.129. The van der Waals surface area contributed by atoms with Gasteiger partial charge in [0, 0.05) is 29.1 Å². The molecule has 1 amide bonds. The lowest BCUT2D eigenvalue weighted by Crippen LogP contribution is -2.38. The SMILES string of the molecule is CN1CCCN(S(=O)(=O)c2c(N)cc(Br)cc2Br)CC1=O. The predicted molar refractivity (Wildman–Crippen MR) is 87.3 cm³/mol. The van der Waals surface area contributed by atoms with Crippen molar-refractivity contribution in [2.24, 2.45) is 0 Å². The quantitative estimate of drug-likeness (QED) is 0.708. The second-order valence-electron chi connectivity index (χ2n) is 4.81. The third-order valence-electron chi connectivity index (χ3n) is 3.27. The summed E-state index contributed by atoms with van der Waals surface area (Å²) in [5, 5.41) is 0. The van der Waals surface area contributed by atoms with Crippen LogP contribution in [0.3, 0.4) is 0 Å². The lowest BCUT2D eigenvalue weighted by Gasteiger charge is -2.21. The summed E-state index contributed by atoms with van der Waals surface area (Å²) in [5.41, 5.74) is 5.99. The third-order valence-corrected chi connectivity index (χ3v) is 6.58. The highest BCUT2D eigenvalue weighted by Gasteiger charge is 2.32. The van der Waals surface area contributed by atoms with E-state index >= 15 is 0 Å². The molecule has 1 aromatic rings. The van der Waals surface area contributed by atoms with Crippen LogP contribution in [0, 0.1) is 0 Å². The molecular weight excluding hydrogens is 426 g/mol. The molecule has 9 heteroatoms. The van der Waals surface area contributed by atoms with Crippen molar-refractivity contribution in [2.45, 2.75) is 11.3 Å². The fourth-order valence-corrected chi connectivity index (χ4v) is 5.59. The molecule has 2 N–H and O–H groups in total. The van der Waals surface area contributed by atoms with E-state index in [1.165, 1.54) is 15.3 Å². The number of carbonyl (C=O) groups excluding carboxylic acids is 1. The summed E-state index contributed by atoms with van der Waals surface area (Å²) in [7, 11) is -2.16. The van der Waals surface area contributed by atoms with Gasteiger partial charge in [-0.25, -0.2) is 8.42 Å². The molecule has 116 valence electrons. The summed E-state index contributed by atoms with van der Waals surface area (Å²) < 4.78 is 27.8. The van der Waals surface area contributed by atoms with Crippen LogP contribution in [-0.4, -0.2) is 50.2 Å². The van der Waals surface area contributed by atoms with Crippen molar-refractivity contribution in [1.29, 1.82) is 0 Å². The largest absolute Gasteiger partial charge is 0.398 e. The van der Waals surface area contributed by atoms with Crippen molar-refractivity contribution in [3.05, 3.63) is 21.1 Å². The molecule has 0 radical (unpaired) electrons. The van der Waals surface area contributed by atoms with Crippen LogP contribution in [0.15, 0.2) is 26.0 Å². The van der Waals surface area contributed by atoms with E-state index in [1.54, 1.807) is 13.1 Å². The monoisotopic (exact) mass is 439 g/mol. The van der Waals surface area contributed by atoms with E-state index in [2.05, 4.69) is 31.9 Å². The number of carbonyl (C=O) groups is 1. The molecule has 0 unspecified atom stereocenters. The van der Waals surface area contributed by atoms with Gasteiger partial charge in [-0.3, -0.25) is 4.79 Å². The van der Waals surface area contributed by atoms with E-state index in [0.29, 0.717) is 28.5 Å². The Morgan fingerprint density at radius 3 is 2.52 bits per heavy atom. The zero-order chi connectivity index (χ0) is 15.8. The Hall–Kier alpha value is -0.640. The van der Waals surface area contributed by atoms with Gasteiger partial charge in [-0.1, -0.05) is 15.9 Å². The van der Waals surface area contributed by atoms with Crippen LogP contribution >= 0.6 is 31.9 Å². The first-order valence-electron chi connectivity index (χ1n) is 6.22. The fourth-order valence-electron chi connectivity index (χ4n) is 2.15. The van der Waals surface area contributed by atoms with Gasteiger partial charge in [0.05, 0.1) is 12.2 Å². The average Bonchev–Trinajstić information content (AvgIpc) is 2.50. The number of halogens is 2. The first kappa shape index (κ1) is 16.7. The second-order valence-corrected chi connectivity index (χ2v) is 8.46. The molecule has 1 fully saturated rings. The lowest BCUT2D eigenvalue weighted by atomic mass is 10.3. The molecule has 0 bridgehead atoms. The molecule has 1 saturated heterocycles. The number of likely N-dealkylation sites (N-methyl/N-ethyl adjacent to an activating group) is 1. The normalized spacial score (nSPS) is 17.9. The number of hydrogen-bond acceptors (Lipinski definition) is 4. The molecule has 0 aromatic heterocycles. The highest BCUT2D eigenvalue weighted by atomic mass is 79.9. The topological polar surface area (TPSA) is 83.7 Å². The summed E-state index contributed by atoms with van der Waals surface area (Å²) in [6.07, 6.45) is 0.593. The van der Waals surface area contributed by atoms with Crippen molar-refractivity contribution in [2.75, 3.05) is 32.4 Å². The van der Waals surface area contributed by atoms with Gasteiger partial charge in [-0.2, -0.15) is 4.31 Å². The zero-order valence-electron chi connectivity index (χ0n) is 11.3. The van der Waals surface area contributed by atoms with Crippen LogP contribution in [0.25, 0.3) is 0 Å². The molecule has 0 aliphatic carbocycles. The average molecular weight is 441 g/mol. The summed E-state index contributed by atoms with van der Waals surface area (Å²) >= 11 is 6.50. The standard InChI is InChI=1S/C12H15Br2N3O3S/c1-16-3-2-4-17(7-11(16)18)21(19,20)12-9(14)5-8(13)6-10(12)15/h5-6H,2-4,7,15H2,1H3. The number of nitrogens with zero attached hydrogens (tertiary/aromatic N) is 2. The summed E-state index contributed by atoms with van der Waals surface area (Å²) in [4.78, 5) is 13.4. The Morgan fingerprint density at radius 2 is 1.90 bits per heavy atom. The third kappa shape index (κ3) is 3.41. The number of anilines is 1. The first-order valence-corrected chi connectivity index (χ1v) is 9.24.